The van der Waals surface area contributed by atoms with Crippen molar-refractivity contribution in [1.82, 2.24) is 14.5 Å². The van der Waals surface area contributed by atoms with Gasteiger partial charge in [0.2, 0.25) is 5.91 Å². The Morgan fingerprint density at radius 2 is 1.79 bits per heavy atom. The fraction of sp³-hybridized carbons (Fsp3) is 0.333. The van der Waals surface area contributed by atoms with Crippen molar-refractivity contribution >= 4 is 44.9 Å². The van der Waals surface area contributed by atoms with Crippen LogP contribution >= 0.6 is 22.9 Å². The molecule has 1 atom stereocenters. The first-order chi connectivity index (χ1) is 13.8. The van der Waals surface area contributed by atoms with E-state index in [4.69, 9.17) is 17.3 Å². The molecule has 3 N–H and O–H groups in total. The molecule has 0 aliphatic carbocycles. The van der Waals surface area contributed by atoms with Gasteiger partial charge in [0.1, 0.15) is 4.21 Å². The number of rotatable bonds is 6. The predicted molar refractivity (Wildman–Crippen MR) is 111 cm³/mol. The smallest absolute Gasteiger partial charge is 0.312 e. The van der Waals surface area contributed by atoms with Gasteiger partial charge < -0.3 is 16.0 Å². The van der Waals surface area contributed by atoms with E-state index >= 15 is 0 Å². The van der Waals surface area contributed by atoms with Crippen LogP contribution in [-0.4, -0.2) is 55.7 Å². The highest BCUT2D eigenvalue weighted by Crippen LogP contribution is 2.24. The van der Waals surface area contributed by atoms with Crippen molar-refractivity contribution in [2.75, 3.05) is 26.2 Å². The van der Waals surface area contributed by atoms with E-state index in [0.717, 1.165) is 0 Å². The van der Waals surface area contributed by atoms with Crippen molar-refractivity contribution in [2.45, 2.75) is 16.7 Å². The lowest BCUT2D eigenvalue weighted by Crippen LogP contribution is -2.51. The van der Waals surface area contributed by atoms with E-state index in [-0.39, 0.29) is 38.5 Å². The van der Waals surface area contributed by atoms with Gasteiger partial charge in [0.25, 0.3) is 10.0 Å². The fourth-order valence-electron chi connectivity index (χ4n) is 3.14. The van der Waals surface area contributed by atoms with E-state index in [0.29, 0.717) is 14.8 Å². The molecular weight excluding hydrogens is 436 g/mol. The van der Waals surface area contributed by atoms with Crippen molar-refractivity contribution in [3.8, 4) is 0 Å². The number of thiophene rings is 1. The SMILES string of the molecule is NC(=O)N[C@H](CC(=O)N1CCN(S(=O)(=O)c2cccs2)CC1)c1ccc(Cl)cc1. The normalized spacial score (nSPS) is 16.4. The van der Waals surface area contributed by atoms with E-state index in [1.165, 1.54) is 15.6 Å². The molecule has 1 aromatic heterocycles. The average molecular weight is 457 g/mol. The number of amides is 3. The number of halogens is 1. The Morgan fingerprint density at radius 1 is 1.14 bits per heavy atom. The number of piperazine rings is 1. The molecule has 0 radical (unpaired) electrons. The highest BCUT2D eigenvalue weighted by molar-refractivity contribution is 7.91. The number of nitrogens with zero attached hydrogens (tertiary/aromatic N) is 2. The van der Waals surface area contributed by atoms with Gasteiger partial charge in [-0.1, -0.05) is 29.8 Å². The minimum Gasteiger partial charge on any atom is -0.352 e. The van der Waals surface area contributed by atoms with E-state index in [9.17, 15) is 18.0 Å². The summed E-state index contributed by atoms with van der Waals surface area (Å²) < 4.78 is 26.9. The van der Waals surface area contributed by atoms with E-state index in [1.54, 1.807) is 46.7 Å². The van der Waals surface area contributed by atoms with Crippen molar-refractivity contribution in [3.63, 3.8) is 0 Å². The van der Waals surface area contributed by atoms with Gasteiger partial charge in [-0.05, 0) is 29.1 Å². The molecular formula is C18H21ClN4O4S2. The van der Waals surface area contributed by atoms with E-state index in [1.807, 2.05) is 0 Å². The molecule has 29 heavy (non-hydrogen) atoms. The van der Waals surface area contributed by atoms with Gasteiger partial charge in [-0.2, -0.15) is 4.31 Å². The summed E-state index contributed by atoms with van der Waals surface area (Å²) in [6, 6.07) is 8.73. The number of carbonyl (C=O) groups excluding carboxylic acids is 2. The summed E-state index contributed by atoms with van der Waals surface area (Å²) in [5, 5.41) is 4.84. The quantitative estimate of drug-likeness (QED) is 0.692. The minimum atomic E-state index is -3.53. The zero-order valence-corrected chi connectivity index (χ0v) is 17.8. The van der Waals surface area contributed by atoms with Crippen LogP contribution in [-0.2, 0) is 14.8 Å². The lowest BCUT2D eigenvalue weighted by molar-refractivity contribution is -0.132. The maximum atomic E-state index is 12.8. The van der Waals surface area contributed by atoms with Gasteiger partial charge in [-0.3, -0.25) is 4.79 Å². The molecule has 0 unspecified atom stereocenters. The van der Waals surface area contributed by atoms with Crippen LogP contribution in [0.5, 0.6) is 0 Å². The lowest BCUT2D eigenvalue weighted by atomic mass is 10.0. The Kier molecular flexibility index (Phi) is 6.78. The number of hydrogen-bond acceptors (Lipinski definition) is 5. The van der Waals surface area contributed by atoms with Crippen LogP contribution in [0, 0.1) is 0 Å². The first-order valence-corrected chi connectivity index (χ1v) is 11.6. The number of primary amides is 1. The highest BCUT2D eigenvalue weighted by atomic mass is 35.5. The Hall–Kier alpha value is -2.14. The number of nitrogens with one attached hydrogen (secondary N) is 1. The summed E-state index contributed by atoms with van der Waals surface area (Å²) >= 11 is 7.07. The average Bonchev–Trinajstić information content (AvgIpc) is 3.23. The summed E-state index contributed by atoms with van der Waals surface area (Å²) in [5.74, 6) is -0.188. The molecule has 8 nitrogen and oxygen atoms in total. The number of hydrogen-bond donors (Lipinski definition) is 2. The third-order valence-electron chi connectivity index (χ3n) is 4.65. The van der Waals surface area contributed by atoms with Crippen LogP contribution in [0.3, 0.4) is 0 Å². The van der Waals surface area contributed by atoms with Crippen LogP contribution < -0.4 is 11.1 Å². The van der Waals surface area contributed by atoms with Crippen molar-refractivity contribution in [2.24, 2.45) is 5.73 Å². The molecule has 1 aromatic carbocycles. The van der Waals surface area contributed by atoms with Gasteiger partial charge in [-0.25, -0.2) is 13.2 Å². The monoisotopic (exact) mass is 456 g/mol. The second kappa shape index (κ2) is 9.12. The summed E-state index contributed by atoms with van der Waals surface area (Å²) in [6.07, 6.45) is 0.0161. The van der Waals surface area contributed by atoms with Crippen molar-refractivity contribution in [1.29, 1.82) is 0 Å². The molecule has 0 bridgehead atoms. The standard InChI is InChI=1S/C18H21ClN4O4S2/c19-14-5-3-13(4-6-14)15(21-18(20)25)12-16(24)22-7-9-23(10-8-22)29(26,27)17-2-1-11-28-17/h1-6,11,15H,7-10,12H2,(H3,20,21,25)/t15-/m1/s1. The predicted octanol–water partition coefficient (Wildman–Crippen LogP) is 2.03. The molecule has 2 aromatic rings. The summed E-state index contributed by atoms with van der Waals surface area (Å²) in [7, 11) is -3.53. The maximum Gasteiger partial charge on any atom is 0.312 e. The number of nitrogens with two attached hydrogens (primary N) is 1. The molecule has 3 amide bonds. The molecule has 2 heterocycles. The summed E-state index contributed by atoms with van der Waals surface area (Å²) in [4.78, 5) is 25.7. The van der Waals surface area contributed by atoms with Gasteiger partial charge in [0.15, 0.2) is 0 Å². The molecule has 1 fully saturated rings. The molecule has 1 aliphatic heterocycles. The Morgan fingerprint density at radius 3 is 2.34 bits per heavy atom. The van der Waals surface area contributed by atoms with E-state index in [2.05, 4.69) is 5.32 Å². The van der Waals surface area contributed by atoms with Crippen molar-refractivity contribution < 1.29 is 18.0 Å². The Balaban J connectivity index is 1.63. The van der Waals surface area contributed by atoms with Crippen LogP contribution in [0.1, 0.15) is 18.0 Å². The maximum absolute atomic E-state index is 12.8. The highest BCUT2D eigenvalue weighted by Gasteiger charge is 2.31. The third kappa shape index (κ3) is 5.27. The first-order valence-electron chi connectivity index (χ1n) is 8.90. The number of sulfonamides is 1. The summed E-state index contributed by atoms with van der Waals surface area (Å²) in [6.45, 7) is 1.02. The number of benzene rings is 1. The topological polar surface area (TPSA) is 113 Å². The molecule has 0 saturated carbocycles. The van der Waals surface area contributed by atoms with Crippen LogP contribution in [0.2, 0.25) is 5.02 Å². The Labute approximate surface area is 178 Å². The molecule has 11 heteroatoms. The molecule has 1 saturated heterocycles. The second-order valence-corrected chi connectivity index (χ2v) is 10.1. The van der Waals surface area contributed by atoms with Crippen LogP contribution in [0.25, 0.3) is 0 Å². The van der Waals surface area contributed by atoms with Gasteiger partial charge >= 0.3 is 6.03 Å². The van der Waals surface area contributed by atoms with Crippen LogP contribution in [0.4, 0.5) is 4.79 Å². The largest absolute Gasteiger partial charge is 0.352 e. The Bertz CT molecular complexity index is 956. The van der Waals surface area contributed by atoms with Gasteiger partial charge in [-0.15, -0.1) is 11.3 Å². The molecule has 1 aliphatic rings. The summed E-state index contributed by atoms with van der Waals surface area (Å²) in [5.41, 5.74) is 5.96. The zero-order chi connectivity index (χ0) is 21.0. The first kappa shape index (κ1) is 21.6. The second-order valence-electron chi connectivity index (χ2n) is 6.53. The third-order valence-corrected chi connectivity index (χ3v) is 8.17. The fourth-order valence-corrected chi connectivity index (χ4v) is 5.83. The van der Waals surface area contributed by atoms with Crippen molar-refractivity contribution in [3.05, 3.63) is 52.4 Å². The number of urea groups is 1. The minimum absolute atomic E-state index is 0.0161. The lowest BCUT2D eigenvalue weighted by Gasteiger charge is -2.34. The number of carbonyl (C=O) groups is 2. The van der Waals surface area contributed by atoms with Gasteiger partial charge in [0.05, 0.1) is 12.5 Å². The molecule has 3 rings (SSSR count). The van der Waals surface area contributed by atoms with Crippen LogP contribution in [0.15, 0.2) is 46.0 Å². The molecule has 0 spiro atoms. The van der Waals surface area contributed by atoms with Gasteiger partial charge in [0, 0.05) is 31.2 Å². The zero-order valence-electron chi connectivity index (χ0n) is 15.5. The van der Waals surface area contributed by atoms with E-state index < -0.39 is 22.1 Å². The molecule has 156 valence electrons.